The van der Waals surface area contributed by atoms with Crippen molar-refractivity contribution >= 4 is 15.9 Å². The quantitative estimate of drug-likeness (QED) is 0.873. The smallest absolute Gasteiger partial charge is 0.0775 e. The van der Waals surface area contributed by atoms with Crippen molar-refractivity contribution in [3.8, 4) is 0 Å². The second kappa shape index (κ2) is 4.86. The molecule has 1 aliphatic heterocycles. The van der Waals surface area contributed by atoms with E-state index in [-0.39, 0.29) is 0 Å². The third kappa shape index (κ3) is 2.84. The highest BCUT2D eigenvalue weighted by Gasteiger charge is 2.34. The molecule has 0 radical (unpaired) electrons. The Morgan fingerprint density at radius 1 is 1.56 bits per heavy atom. The van der Waals surface area contributed by atoms with Gasteiger partial charge in [0, 0.05) is 11.0 Å². The second-order valence-electron chi connectivity index (χ2n) is 4.85. The maximum atomic E-state index is 10.3. The van der Waals surface area contributed by atoms with E-state index in [0.717, 1.165) is 23.9 Å². The first-order valence-corrected chi connectivity index (χ1v) is 6.55. The Bertz CT molecular complexity index is 365. The van der Waals surface area contributed by atoms with Crippen molar-refractivity contribution < 1.29 is 5.11 Å². The van der Waals surface area contributed by atoms with E-state index in [9.17, 15) is 5.11 Å². The van der Waals surface area contributed by atoms with Gasteiger partial charge in [0.1, 0.15) is 0 Å². The minimum atomic E-state index is -0.583. The molecule has 0 amide bonds. The predicted molar refractivity (Wildman–Crippen MR) is 69.4 cm³/mol. The molecule has 0 saturated carbocycles. The van der Waals surface area contributed by atoms with Gasteiger partial charge in [0.2, 0.25) is 0 Å². The minimum Gasteiger partial charge on any atom is -0.389 e. The lowest BCUT2D eigenvalue weighted by molar-refractivity contribution is -0.0192. The fraction of sp³-hybridized carbons (Fsp3) is 0.538. The van der Waals surface area contributed by atoms with Crippen LogP contribution in [0.2, 0.25) is 0 Å². The van der Waals surface area contributed by atoms with Crippen LogP contribution in [0, 0.1) is 5.92 Å². The van der Waals surface area contributed by atoms with Gasteiger partial charge < -0.3 is 10.4 Å². The number of benzene rings is 1. The van der Waals surface area contributed by atoms with Crippen LogP contribution >= 0.6 is 15.9 Å². The summed E-state index contributed by atoms with van der Waals surface area (Å²) in [5, 5.41) is 13.5. The van der Waals surface area contributed by atoms with Crippen molar-refractivity contribution in [3.63, 3.8) is 0 Å². The molecular weight excluding hydrogens is 266 g/mol. The Morgan fingerprint density at radius 2 is 2.38 bits per heavy atom. The molecule has 1 fully saturated rings. The van der Waals surface area contributed by atoms with Gasteiger partial charge in [-0.25, -0.2) is 0 Å². The highest BCUT2D eigenvalue weighted by atomic mass is 79.9. The van der Waals surface area contributed by atoms with Crippen LogP contribution in [-0.2, 0) is 6.42 Å². The zero-order valence-corrected chi connectivity index (χ0v) is 11.1. The van der Waals surface area contributed by atoms with Gasteiger partial charge in [-0.2, -0.15) is 0 Å². The van der Waals surface area contributed by atoms with E-state index in [1.807, 2.05) is 13.0 Å². The third-order valence-corrected chi connectivity index (χ3v) is 3.90. The van der Waals surface area contributed by atoms with E-state index < -0.39 is 5.60 Å². The number of nitrogens with one attached hydrogen (secondary N) is 1. The normalized spacial score (nSPS) is 30.3. The van der Waals surface area contributed by atoms with Gasteiger partial charge in [-0.3, -0.25) is 0 Å². The summed E-state index contributed by atoms with van der Waals surface area (Å²) in [6.07, 6.45) is 1.99. The van der Waals surface area contributed by atoms with Gasteiger partial charge in [-0.05, 0) is 49.9 Å². The molecule has 0 aliphatic carbocycles. The summed E-state index contributed by atoms with van der Waals surface area (Å²) in [4.78, 5) is 0. The predicted octanol–water partition coefficient (Wildman–Crippen LogP) is 2.35. The number of hydrogen-bond acceptors (Lipinski definition) is 2. The lowest BCUT2D eigenvalue weighted by Gasteiger charge is -2.37. The molecule has 16 heavy (non-hydrogen) atoms. The minimum absolute atomic E-state index is 0.350. The fourth-order valence-electron chi connectivity index (χ4n) is 2.34. The van der Waals surface area contributed by atoms with Gasteiger partial charge in [0.05, 0.1) is 5.60 Å². The highest BCUT2D eigenvalue weighted by Crippen LogP contribution is 2.27. The molecule has 88 valence electrons. The largest absolute Gasteiger partial charge is 0.389 e. The lowest BCUT2D eigenvalue weighted by Crippen LogP contribution is -2.50. The number of piperidine rings is 1. The molecule has 0 aromatic heterocycles. The monoisotopic (exact) mass is 283 g/mol. The first-order valence-electron chi connectivity index (χ1n) is 5.75. The molecule has 2 nitrogen and oxygen atoms in total. The summed E-state index contributed by atoms with van der Waals surface area (Å²) < 4.78 is 1.11. The topological polar surface area (TPSA) is 32.3 Å². The fourth-order valence-corrected chi connectivity index (χ4v) is 2.79. The molecule has 1 aromatic carbocycles. The standard InChI is InChI=1S/C13H18BrNO/c1-13(16)9-15-6-5-11(13)7-10-3-2-4-12(14)8-10/h2-4,8,11,15-16H,5-7,9H2,1H3. The van der Waals surface area contributed by atoms with E-state index in [4.69, 9.17) is 0 Å². The van der Waals surface area contributed by atoms with Crippen molar-refractivity contribution in [1.29, 1.82) is 0 Å². The van der Waals surface area contributed by atoms with Crippen molar-refractivity contribution in [3.05, 3.63) is 34.3 Å². The molecule has 2 N–H and O–H groups in total. The lowest BCUT2D eigenvalue weighted by atomic mass is 9.79. The molecule has 1 aromatic rings. The summed E-state index contributed by atoms with van der Waals surface area (Å²) >= 11 is 3.48. The molecule has 2 unspecified atom stereocenters. The van der Waals surface area contributed by atoms with Crippen LogP contribution in [-0.4, -0.2) is 23.8 Å². The zero-order valence-electron chi connectivity index (χ0n) is 9.54. The third-order valence-electron chi connectivity index (χ3n) is 3.40. The molecule has 1 aliphatic rings. The van der Waals surface area contributed by atoms with E-state index >= 15 is 0 Å². The Morgan fingerprint density at radius 3 is 3.06 bits per heavy atom. The SMILES string of the molecule is CC1(O)CNCCC1Cc1cccc(Br)c1. The Labute approximate surface area is 105 Å². The molecule has 2 rings (SSSR count). The average molecular weight is 284 g/mol. The first-order chi connectivity index (χ1) is 7.58. The average Bonchev–Trinajstić information content (AvgIpc) is 2.21. The summed E-state index contributed by atoms with van der Waals surface area (Å²) in [6.45, 7) is 3.64. The number of aliphatic hydroxyl groups is 1. The molecule has 1 heterocycles. The second-order valence-corrected chi connectivity index (χ2v) is 5.77. The summed E-state index contributed by atoms with van der Waals surface area (Å²) in [6, 6.07) is 8.35. The van der Waals surface area contributed by atoms with Crippen LogP contribution in [0.5, 0.6) is 0 Å². The highest BCUT2D eigenvalue weighted by molar-refractivity contribution is 9.10. The van der Waals surface area contributed by atoms with Gasteiger partial charge >= 0.3 is 0 Å². The van der Waals surface area contributed by atoms with Gasteiger partial charge in [0.15, 0.2) is 0 Å². The van der Waals surface area contributed by atoms with Gasteiger partial charge in [-0.1, -0.05) is 28.1 Å². The van der Waals surface area contributed by atoms with Crippen LogP contribution in [0.4, 0.5) is 0 Å². The summed E-state index contributed by atoms with van der Waals surface area (Å²) in [7, 11) is 0. The van der Waals surface area contributed by atoms with Crippen molar-refractivity contribution in [1.82, 2.24) is 5.32 Å². The van der Waals surface area contributed by atoms with E-state index in [1.165, 1.54) is 5.56 Å². The molecule has 1 saturated heterocycles. The summed E-state index contributed by atoms with van der Waals surface area (Å²) in [5.74, 6) is 0.350. The van der Waals surface area contributed by atoms with E-state index in [1.54, 1.807) is 0 Å². The van der Waals surface area contributed by atoms with Crippen LogP contribution in [0.3, 0.4) is 0 Å². The van der Waals surface area contributed by atoms with Crippen LogP contribution in [0.1, 0.15) is 18.9 Å². The maximum absolute atomic E-state index is 10.3. The van der Waals surface area contributed by atoms with Crippen LogP contribution in [0.25, 0.3) is 0 Å². The van der Waals surface area contributed by atoms with Gasteiger partial charge in [-0.15, -0.1) is 0 Å². The van der Waals surface area contributed by atoms with Gasteiger partial charge in [0.25, 0.3) is 0 Å². The molecule has 0 bridgehead atoms. The Hall–Kier alpha value is -0.380. The Kier molecular flexibility index (Phi) is 3.67. The van der Waals surface area contributed by atoms with Crippen LogP contribution in [0.15, 0.2) is 28.7 Å². The number of β-amino-alcohol motifs (C(OH)–C–C–N with tert-alkyl or cyclic N) is 1. The summed E-state index contributed by atoms with van der Waals surface area (Å²) in [5.41, 5.74) is 0.710. The van der Waals surface area contributed by atoms with Crippen molar-refractivity contribution in [2.45, 2.75) is 25.4 Å². The number of hydrogen-bond donors (Lipinski definition) is 2. The first kappa shape index (κ1) is 12.1. The van der Waals surface area contributed by atoms with Crippen molar-refractivity contribution in [2.24, 2.45) is 5.92 Å². The number of halogens is 1. The zero-order chi connectivity index (χ0) is 11.6. The Balaban J connectivity index is 2.08. The van der Waals surface area contributed by atoms with Crippen LogP contribution < -0.4 is 5.32 Å². The van der Waals surface area contributed by atoms with E-state index in [2.05, 4.69) is 39.4 Å². The maximum Gasteiger partial charge on any atom is 0.0775 e. The molecular formula is C13H18BrNO. The molecule has 3 heteroatoms. The van der Waals surface area contributed by atoms with E-state index in [0.29, 0.717) is 12.5 Å². The molecule has 0 spiro atoms. The number of rotatable bonds is 2. The van der Waals surface area contributed by atoms with Crippen molar-refractivity contribution in [2.75, 3.05) is 13.1 Å². The molecule has 2 atom stereocenters.